The molecule has 0 saturated carbocycles. The largest absolute Gasteiger partial charge is 0.508 e. The number of nitrogens with one attached hydrogen (secondary N) is 3. The Morgan fingerprint density at radius 1 is 0.421 bits per heavy atom. The summed E-state index contributed by atoms with van der Waals surface area (Å²) in [5, 5.41) is 28.2. The van der Waals surface area contributed by atoms with Gasteiger partial charge in [0.25, 0.3) is 21.9 Å². The van der Waals surface area contributed by atoms with E-state index in [1.807, 2.05) is 72.8 Å². The highest BCUT2D eigenvalue weighted by atomic mass is 32.2. The van der Waals surface area contributed by atoms with Crippen LogP contribution in [0.25, 0.3) is 0 Å². The maximum atomic E-state index is 16.1. The number of halogens is 2. The van der Waals surface area contributed by atoms with Gasteiger partial charge in [-0.1, -0.05) is 103 Å². The topological polar surface area (TPSA) is 273 Å². The number of nitrogens with zero attached hydrogens (tertiary/aromatic N) is 7. The highest BCUT2D eigenvalue weighted by Crippen LogP contribution is 2.50. The summed E-state index contributed by atoms with van der Waals surface area (Å²) in [6.45, 7) is 12.5. The third-order valence-electron chi connectivity index (χ3n) is 26.1. The fourth-order valence-corrected chi connectivity index (χ4v) is 20.2. The van der Waals surface area contributed by atoms with Crippen LogP contribution in [0.15, 0.2) is 205 Å². The lowest BCUT2D eigenvalue weighted by Crippen LogP contribution is -2.52. The van der Waals surface area contributed by atoms with Gasteiger partial charge < -0.3 is 49.7 Å². The number of carbonyl (C=O) groups is 7. The molecular formula is C96H102F2N10O12S. The molecular weight excluding hydrogens is 1560 g/mol. The van der Waals surface area contributed by atoms with Crippen molar-refractivity contribution >= 4 is 74.6 Å². The number of hydrogen-bond donors (Lipinski definition) is 6. The third-order valence-corrected chi connectivity index (χ3v) is 27.0. The molecule has 0 radical (unpaired) electrons. The minimum atomic E-state index is -4.00. The number of piperidine rings is 4. The summed E-state index contributed by atoms with van der Waals surface area (Å²) < 4.78 is 60.7. The molecule has 2 aliphatic carbocycles. The first-order valence-corrected chi connectivity index (χ1v) is 43.9. The van der Waals surface area contributed by atoms with Crippen LogP contribution in [0.1, 0.15) is 164 Å². The van der Waals surface area contributed by atoms with Crippen LogP contribution in [0.4, 0.5) is 31.5 Å². The van der Waals surface area contributed by atoms with E-state index in [0.29, 0.717) is 67.4 Å². The van der Waals surface area contributed by atoms with Gasteiger partial charge in [-0.25, -0.2) is 8.78 Å². The van der Waals surface area contributed by atoms with Crippen LogP contribution in [-0.2, 0) is 60.0 Å². The van der Waals surface area contributed by atoms with Gasteiger partial charge in [0.15, 0.2) is 0 Å². The number of fused-ring (bicyclic) bond motifs is 4. The number of aldehydes is 1. The number of anilines is 4. The second-order valence-corrected chi connectivity index (χ2v) is 34.9. The summed E-state index contributed by atoms with van der Waals surface area (Å²) in [6, 6.07) is 62.0. The second-order valence-electron chi connectivity index (χ2n) is 33.4. The Morgan fingerprint density at radius 2 is 0.860 bits per heavy atom. The summed E-state index contributed by atoms with van der Waals surface area (Å²) in [7, 11) is -4.00. The summed E-state index contributed by atoms with van der Waals surface area (Å²) in [5.74, 6) is -0.170. The van der Waals surface area contributed by atoms with E-state index in [2.05, 4.69) is 113 Å². The van der Waals surface area contributed by atoms with Gasteiger partial charge in [0.1, 0.15) is 41.5 Å². The Labute approximate surface area is 704 Å². The number of imide groups is 2. The van der Waals surface area contributed by atoms with Crippen molar-refractivity contribution in [2.75, 3.05) is 105 Å². The van der Waals surface area contributed by atoms with Gasteiger partial charge >= 0.3 is 0 Å². The molecule has 9 aromatic rings. The lowest BCUT2D eigenvalue weighted by molar-refractivity contribution is -0.138. The Kier molecular flexibility index (Phi) is 25.2. The fraction of sp³-hybridized carbons (Fsp3) is 0.365. The molecule has 0 unspecified atom stereocenters. The Bertz CT molecular complexity index is 5450. The van der Waals surface area contributed by atoms with Gasteiger partial charge in [-0.2, -0.15) is 8.42 Å². The smallest absolute Gasteiger partial charge is 0.294 e. The first-order chi connectivity index (χ1) is 58.7. The molecule has 8 heterocycles. The summed E-state index contributed by atoms with van der Waals surface area (Å²) in [6.07, 6.45) is 9.61. The van der Waals surface area contributed by atoms with Crippen molar-refractivity contribution in [1.82, 2.24) is 30.7 Å². The molecule has 0 bridgehead atoms. The van der Waals surface area contributed by atoms with E-state index in [0.717, 1.165) is 174 Å². The molecule has 0 aromatic heterocycles. The van der Waals surface area contributed by atoms with Crippen molar-refractivity contribution < 1.29 is 65.5 Å². The molecule has 19 rings (SSSR count). The van der Waals surface area contributed by atoms with Crippen molar-refractivity contribution in [3.05, 3.63) is 279 Å². The Balaban J connectivity index is 0.000000138. The van der Waals surface area contributed by atoms with E-state index in [9.17, 15) is 52.2 Å². The number of amides is 6. The van der Waals surface area contributed by atoms with E-state index in [4.69, 9.17) is 4.55 Å². The summed E-state index contributed by atoms with van der Waals surface area (Å²) in [4.78, 5) is 98.9. The van der Waals surface area contributed by atoms with Crippen LogP contribution in [0, 0.1) is 23.5 Å². The van der Waals surface area contributed by atoms with Crippen molar-refractivity contribution in [1.29, 1.82) is 0 Å². The standard InChI is InChI=1S/C45H48FN5O4.C28H28FNO2.C17H20N4O3.C6H6O3S/c46-39-26-32(43-36(30-4-2-1-3-5-30)10-6-31-25-35(52)9-12-37(31)43)7-13-40(39)50-18-16-29(17-19-50)27-48-20-22-49(23-21-48)34-8-11-38-33(24-34)28-51(45(38)55)41-14-15-42(53)47-44(41)54;29-26-17-22(7-11-27(26)30-14-12-19(18-31)13-15-30)28-24(20-4-2-1-3-5-20)9-6-21-16-23(32)8-10-25(21)28;22-15-4-3-14(16(23)19-15)21-10-11-9-12(1-2-13(11)17(21)24)20-7-5-18-6-8-20;7-10(8,9)6-4-2-1-3-5-6/h1-5,7-9,11-13,24-26,29,36,41,43,52H,6,10,14-23,27-28H2,(H,47,53,54);1-5,7-8,10-11,16-19,24,28,32H,6,9,12-15H2;1-2,9,14,18H,3-8,10H2,(H,19,22,23);1-5H,(H,7,8,9)/t36-,41-,43+;24-,28+;14-;/m111./s1. The van der Waals surface area contributed by atoms with Gasteiger partial charge in [0.2, 0.25) is 23.6 Å². The minimum absolute atomic E-state index is 0.0174. The molecule has 121 heavy (non-hydrogen) atoms. The average Bonchev–Trinajstić information content (AvgIpc) is 1.76. The fourth-order valence-electron chi connectivity index (χ4n) is 19.7. The normalized spacial score (nSPS) is 22.0. The van der Waals surface area contributed by atoms with Gasteiger partial charge in [0, 0.05) is 151 Å². The maximum absolute atomic E-state index is 16.1. The zero-order chi connectivity index (χ0) is 84.0. The van der Waals surface area contributed by atoms with E-state index < -0.39 is 22.2 Å². The van der Waals surface area contributed by atoms with E-state index in [-0.39, 0.29) is 106 Å². The zero-order valence-electron chi connectivity index (χ0n) is 67.7. The first kappa shape index (κ1) is 83.0. The molecule has 9 aromatic carbocycles. The highest BCUT2D eigenvalue weighted by Gasteiger charge is 2.43. The van der Waals surface area contributed by atoms with Crippen LogP contribution < -0.4 is 35.6 Å². The van der Waals surface area contributed by atoms with Crippen LogP contribution >= 0.6 is 0 Å². The van der Waals surface area contributed by atoms with Crippen LogP contribution in [0.2, 0.25) is 0 Å². The number of aromatic hydroxyl groups is 2. The number of piperazine rings is 2. The van der Waals surface area contributed by atoms with E-state index in [1.165, 1.54) is 34.4 Å². The number of hydrogen-bond acceptors (Lipinski definition) is 17. The van der Waals surface area contributed by atoms with Gasteiger partial charge in [-0.05, 0) is 235 Å². The van der Waals surface area contributed by atoms with Crippen LogP contribution in [-0.4, -0.2) is 177 Å². The van der Waals surface area contributed by atoms with Gasteiger partial charge in [-0.3, -0.25) is 48.9 Å². The molecule has 22 nitrogen and oxygen atoms in total. The van der Waals surface area contributed by atoms with Crippen LogP contribution in [0.3, 0.4) is 0 Å². The van der Waals surface area contributed by atoms with Crippen molar-refractivity contribution in [2.45, 2.75) is 131 Å². The maximum Gasteiger partial charge on any atom is 0.294 e. The van der Waals surface area contributed by atoms with Crippen molar-refractivity contribution in [3.63, 3.8) is 0 Å². The first-order valence-electron chi connectivity index (χ1n) is 42.4. The number of phenolic OH excluding ortho intramolecular Hbond substituents is 2. The lowest BCUT2D eigenvalue weighted by Gasteiger charge is -2.40. The van der Waals surface area contributed by atoms with Crippen molar-refractivity contribution in [3.8, 4) is 11.5 Å². The number of benzene rings is 9. The molecule has 628 valence electrons. The SMILES string of the molecule is O=C1CC[C@@H](N2Cc3cc(N4CCN(CC5CCN(c6ccc([C@@H]7c8ccc(O)cc8CC[C@@H]7c7ccccc7)cc6F)CC5)CC4)ccc3C2=O)C(=O)N1.O=C1CC[C@@H](N2Cc3cc(N4CCNCC4)ccc3C2=O)C(=O)N1.O=CC1CCN(c2ccc([C@@H]3c4ccc(O)cc4CC[C@@H]3c3ccccc3)cc2F)CC1.O=S(=O)(O)c1ccccc1. The molecule has 10 aliphatic rings. The van der Waals surface area contributed by atoms with E-state index >= 15 is 8.78 Å². The van der Waals surface area contributed by atoms with Gasteiger partial charge in [0.05, 0.1) is 16.3 Å². The molecule has 0 spiro atoms. The molecule has 6 saturated heterocycles. The van der Waals surface area contributed by atoms with Crippen molar-refractivity contribution in [2.24, 2.45) is 11.8 Å². The number of carbonyl (C=O) groups excluding carboxylic acids is 7. The predicted octanol–water partition coefficient (Wildman–Crippen LogP) is 12.8. The second kappa shape index (κ2) is 36.7. The molecule has 6 amide bonds. The summed E-state index contributed by atoms with van der Waals surface area (Å²) >= 11 is 0. The highest BCUT2D eigenvalue weighted by molar-refractivity contribution is 7.85. The Morgan fingerprint density at radius 3 is 1.28 bits per heavy atom. The molecule has 8 aliphatic heterocycles. The zero-order valence-corrected chi connectivity index (χ0v) is 68.5. The molecule has 6 atom stereocenters. The number of rotatable bonds is 14. The Hall–Kier alpha value is -11.6. The van der Waals surface area contributed by atoms with Gasteiger partial charge in [-0.15, -0.1) is 0 Å². The quantitative estimate of drug-likeness (QED) is 0.0335. The average molecular weight is 1660 g/mol. The molecule has 6 fully saturated rings. The third kappa shape index (κ3) is 18.7. The number of aryl methyl sites for hydroxylation is 2. The summed E-state index contributed by atoms with van der Waals surface area (Å²) in [5.41, 5.74) is 15.8. The molecule has 25 heteroatoms. The van der Waals surface area contributed by atoms with E-state index in [1.54, 1.807) is 52.3 Å². The minimum Gasteiger partial charge on any atom is -0.508 e. The lowest BCUT2D eigenvalue weighted by atomic mass is 9.69. The predicted molar refractivity (Wildman–Crippen MR) is 459 cm³/mol. The van der Waals surface area contributed by atoms with Crippen LogP contribution in [0.5, 0.6) is 11.5 Å². The monoisotopic (exact) mass is 1660 g/mol. The molecule has 6 N–H and O–H groups in total. The number of phenols is 2.